The number of rotatable bonds is 5. The van der Waals surface area contributed by atoms with Gasteiger partial charge in [-0.2, -0.15) is 0 Å². The third kappa shape index (κ3) is 4.58. The topological polar surface area (TPSA) is 47.9 Å². The van der Waals surface area contributed by atoms with Gasteiger partial charge in [-0.05, 0) is 42.0 Å². The molecule has 6 heteroatoms. The number of nitrogens with zero attached hydrogens (tertiary/aromatic N) is 1. The van der Waals surface area contributed by atoms with Crippen LogP contribution in [0.5, 0.6) is 5.75 Å². The first-order chi connectivity index (χ1) is 14.1. The third-order valence-electron chi connectivity index (χ3n) is 4.30. The highest BCUT2D eigenvalue weighted by Crippen LogP contribution is 2.29. The molecule has 0 saturated heterocycles. The minimum Gasteiger partial charge on any atom is -0.488 e. The lowest BCUT2D eigenvalue weighted by Gasteiger charge is -2.11. The van der Waals surface area contributed by atoms with E-state index in [2.05, 4.69) is 21.1 Å². The van der Waals surface area contributed by atoms with E-state index in [0.29, 0.717) is 28.7 Å². The van der Waals surface area contributed by atoms with Crippen molar-refractivity contribution in [1.29, 1.82) is 0 Å². The summed E-state index contributed by atoms with van der Waals surface area (Å²) in [6, 6.07) is 22.5. The molecule has 0 N–H and O–H groups in total. The SMILES string of the molecule is O=C1ON=C(c2ccccc2)/C1=C/c1cc(Br)ccc1OCc1cccc(Cl)c1. The van der Waals surface area contributed by atoms with E-state index in [1.54, 1.807) is 6.08 Å². The molecule has 0 spiro atoms. The van der Waals surface area contributed by atoms with E-state index in [4.69, 9.17) is 21.2 Å². The summed E-state index contributed by atoms with van der Waals surface area (Å²) in [5, 5.41) is 4.61. The molecule has 3 aromatic carbocycles. The summed E-state index contributed by atoms with van der Waals surface area (Å²) in [4.78, 5) is 17.2. The van der Waals surface area contributed by atoms with E-state index in [1.165, 1.54) is 0 Å². The van der Waals surface area contributed by atoms with Crippen LogP contribution in [0, 0.1) is 0 Å². The Kier molecular flexibility index (Phi) is 5.79. The molecule has 0 aliphatic carbocycles. The number of hydrogen-bond donors (Lipinski definition) is 0. The standard InChI is InChI=1S/C23H15BrClNO3/c24-18-9-10-21(28-14-15-5-4-8-19(25)11-15)17(12-18)13-20-22(26-29-23(20)27)16-6-2-1-3-7-16/h1-13H,14H2/b20-13-. The molecule has 144 valence electrons. The molecule has 0 saturated carbocycles. The average Bonchev–Trinajstić information content (AvgIpc) is 3.08. The largest absolute Gasteiger partial charge is 0.488 e. The smallest absolute Gasteiger partial charge is 0.368 e. The molecule has 4 rings (SSSR count). The predicted octanol–water partition coefficient (Wildman–Crippen LogP) is 6.03. The third-order valence-corrected chi connectivity index (χ3v) is 5.03. The van der Waals surface area contributed by atoms with Gasteiger partial charge in [0.1, 0.15) is 18.1 Å². The lowest BCUT2D eigenvalue weighted by molar-refractivity contribution is -0.136. The second-order valence-corrected chi connectivity index (χ2v) is 7.70. The van der Waals surface area contributed by atoms with E-state index < -0.39 is 5.97 Å². The number of halogens is 2. The van der Waals surface area contributed by atoms with Gasteiger partial charge in [0.25, 0.3) is 0 Å². The van der Waals surface area contributed by atoms with Gasteiger partial charge in [-0.3, -0.25) is 0 Å². The Morgan fingerprint density at radius 2 is 1.86 bits per heavy atom. The molecule has 29 heavy (non-hydrogen) atoms. The maximum Gasteiger partial charge on any atom is 0.368 e. The van der Waals surface area contributed by atoms with Gasteiger partial charge in [0.2, 0.25) is 0 Å². The van der Waals surface area contributed by atoms with Gasteiger partial charge in [-0.15, -0.1) is 0 Å². The van der Waals surface area contributed by atoms with Gasteiger partial charge in [0.15, 0.2) is 0 Å². The van der Waals surface area contributed by atoms with Gasteiger partial charge >= 0.3 is 5.97 Å². The fraction of sp³-hybridized carbons (Fsp3) is 0.0435. The van der Waals surface area contributed by atoms with Crippen molar-refractivity contribution < 1.29 is 14.4 Å². The summed E-state index contributed by atoms with van der Waals surface area (Å²) in [5.41, 5.74) is 3.36. The molecular formula is C23H15BrClNO3. The van der Waals surface area contributed by atoms with Crippen molar-refractivity contribution in [2.75, 3.05) is 0 Å². The second-order valence-electron chi connectivity index (χ2n) is 6.34. The van der Waals surface area contributed by atoms with Gasteiger partial charge < -0.3 is 9.57 Å². The Morgan fingerprint density at radius 3 is 2.66 bits per heavy atom. The minimum absolute atomic E-state index is 0.350. The van der Waals surface area contributed by atoms with E-state index >= 15 is 0 Å². The zero-order valence-electron chi connectivity index (χ0n) is 15.1. The van der Waals surface area contributed by atoms with Gasteiger partial charge in [0.05, 0.1) is 5.57 Å². The summed E-state index contributed by atoms with van der Waals surface area (Å²) in [6.45, 7) is 0.350. The maximum atomic E-state index is 12.3. The molecule has 0 aromatic heterocycles. The fourth-order valence-corrected chi connectivity index (χ4v) is 3.51. The highest BCUT2D eigenvalue weighted by molar-refractivity contribution is 9.10. The van der Waals surface area contributed by atoms with Crippen LogP contribution in [0.1, 0.15) is 16.7 Å². The highest BCUT2D eigenvalue weighted by Gasteiger charge is 2.27. The molecule has 0 radical (unpaired) electrons. The van der Waals surface area contributed by atoms with E-state index in [-0.39, 0.29) is 0 Å². The van der Waals surface area contributed by atoms with Crippen molar-refractivity contribution in [2.45, 2.75) is 6.61 Å². The molecule has 0 fully saturated rings. The van der Waals surface area contributed by atoms with Crippen LogP contribution in [0.3, 0.4) is 0 Å². The van der Waals surface area contributed by atoms with Crippen molar-refractivity contribution in [3.63, 3.8) is 0 Å². The first kappa shape index (κ1) is 19.4. The highest BCUT2D eigenvalue weighted by atomic mass is 79.9. The molecule has 1 heterocycles. The van der Waals surface area contributed by atoms with Gasteiger partial charge in [0, 0.05) is 20.6 Å². The van der Waals surface area contributed by atoms with Crippen LogP contribution in [0.25, 0.3) is 6.08 Å². The molecule has 0 bridgehead atoms. The van der Waals surface area contributed by atoms with Crippen LogP contribution in [0.4, 0.5) is 0 Å². The first-order valence-electron chi connectivity index (χ1n) is 8.84. The molecule has 1 aliphatic heterocycles. The summed E-state index contributed by atoms with van der Waals surface area (Å²) in [6.07, 6.45) is 1.74. The number of oxime groups is 1. The number of hydrogen-bond acceptors (Lipinski definition) is 4. The van der Waals surface area contributed by atoms with E-state index in [9.17, 15) is 4.79 Å². The Bertz CT molecular complexity index is 1130. The van der Waals surface area contributed by atoms with Crippen LogP contribution in [-0.2, 0) is 16.2 Å². The van der Waals surface area contributed by atoms with Crippen LogP contribution >= 0.6 is 27.5 Å². The van der Waals surface area contributed by atoms with Crippen molar-refractivity contribution in [2.24, 2.45) is 5.16 Å². The normalized spacial score (nSPS) is 14.6. The quantitative estimate of drug-likeness (QED) is 0.339. The number of carbonyl (C=O) groups is 1. The van der Waals surface area contributed by atoms with Crippen LogP contribution < -0.4 is 4.74 Å². The van der Waals surface area contributed by atoms with Gasteiger partial charge in [-0.25, -0.2) is 4.79 Å². The van der Waals surface area contributed by atoms with Crippen molar-refractivity contribution in [3.8, 4) is 5.75 Å². The van der Waals surface area contributed by atoms with E-state index in [0.717, 1.165) is 21.2 Å². The molecule has 3 aromatic rings. The molecule has 1 aliphatic rings. The van der Waals surface area contributed by atoms with Crippen LogP contribution in [0.15, 0.2) is 88.0 Å². The number of benzene rings is 3. The first-order valence-corrected chi connectivity index (χ1v) is 10.0. The van der Waals surface area contributed by atoms with Crippen LogP contribution in [-0.4, -0.2) is 11.7 Å². The minimum atomic E-state index is -0.496. The molecule has 4 nitrogen and oxygen atoms in total. The molecule has 0 amide bonds. The molecule has 0 unspecified atom stereocenters. The summed E-state index contributed by atoms with van der Waals surface area (Å²) in [5.74, 6) is 0.136. The van der Waals surface area contributed by atoms with Crippen molar-refractivity contribution >= 4 is 45.3 Å². The van der Waals surface area contributed by atoms with Gasteiger partial charge in [-0.1, -0.05) is 75.2 Å². The zero-order chi connectivity index (χ0) is 20.2. The summed E-state index contributed by atoms with van der Waals surface area (Å²) >= 11 is 9.52. The predicted molar refractivity (Wildman–Crippen MR) is 117 cm³/mol. The average molecular weight is 469 g/mol. The monoisotopic (exact) mass is 467 g/mol. The van der Waals surface area contributed by atoms with Crippen LogP contribution in [0.2, 0.25) is 5.02 Å². The Balaban J connectivity index is 1.66. The zero-order valence-corrected chi connectivity index (χ0v) is 17.5. The maximum absolute atomic E-state index is 12.3. The summed E-state index contributed by atoms with van der Waals surface area (Å²) < 4.78 is 6.87. The number of carbonyl (C=O) groups excluding carboxylic acids is 1. The van der Waals surface area contributed by atoms with Crippen molar-refractivity contribution in [1.82, 2.24) is 0 Å². The Morgan fingerprint density at radius 1 is 1.03 bits per heavy atom. The molecule has 0 atom stereocenters. The van der Waals surface area contributed by atoms with Crippen molar-refractivity contribution in [3.05, 3.63) is 105 Å². The number of ether oxygens (including phenoxy) is 1. The lowest BCUT2D eigenvalue weighted by atomic mass is 10.0. The van der Waals surface area contributed by atoms with E-state index in [1.807, 2.05) is 72.8 Å². The second kappa shape index (κ2) is 8.64. The fourth-order valence-electron chi connectivity index (χ4n) is 2.92. The lowest BCUT2D eigenvalue weighted by Crippen LogP contribution is -2.07. The molecular weight excluding hydrogens is 454 g/mol. The Labute approximate surface area is 181 Å². The Hall–Kier alpha value is -2.89. The summed E-state index contributed by atoms with van der Waals surface area (Å²) in [7, 11) is 0.